The molecule has 1 aliphatic carbocycles. The summed E-state index contributed by atoms with van der Waals surface area (Å²) in [5, 5.41) is 3.70. The van der Waals surface area contributed by atoms with Crippen molar-refractivity contribution in [3.8, 4) is 0 Å². The van der Waals surface area contributed by atoms with Gasteiger partial charge in [-0.15, -0.1) is 0 Å². The first-order chi connectivity index (χ1) is 9.28. The Morgan fingerprint density at radius 1 is 1.00 bits per heavy atom. The zero-order valence-electron chi connectivity index (χ0n) is 13.2. The molecule has 2 nitrogen and oxygen atoms in total. The second-order valence-electron chi connectivity index (χ2n) is 6.92. The summed E-state index contributed by atoms with van der Waals surface area (Å²) in [7, 11) is 0. The minimum Gasteiger partial charge on any atom is -0.313 e. The summed E-state index contributed by atoms with van der Waals surface area (Å²) in [6.07, 6.45) is 13.0. The molecule has 0 amide bonds. The lowest BCUT2D eigenvalue weighted by Crippen LogP contribution is -2.47. The molecule has 0 bridgehead atoms. The molecular formula is C17H34N2. The van der Waals surface area contributed by atoms with Gasteiger partial charge in [0.1, 0.15) is 0 Å². The van der Waals surface area contributed by atoms with Crippen molar-refractivity contribution in [3.63, 3.8) is 0 Å². The van der Waals surface area contributed by atoms with Gasteiger partial charge in [0.15, 0.2) is 0 Å². The van der Waals surface area contributed by atoms with Crippen molar-refractivity contribution in [2.45, 2.75) is 77.7 Å². The normalized spacial score (nSPS) is 25.6. The van der Waals surface area contributed by atoms with Crippen LogP contribution in [0.25, 0.3) is 0 Å². The molecule has 19 heavy (non-hydrogen) atoms. The smallest absolute Gasteiger partial charge is 0.0192 e. The summed E-state index contributed by atoms with van der Waals surface area (Å²) < 4.78 is 0. The lowest BCUT2D eigenvalue weighted by atomic mass is 9.68. The third-order valence-corrected chi connectivity index (χ3v) is 5.49. The molecule has 1 heterocycles. The minimum absolute atomic E-state index is 0.709. The van der Waals surface area contributed by atoms with Crippen LogP contribution in [-0.2, 0) is 0 Å². The summed E-state index contributed by atoms with van der Waals surface area (Å²) in [6.45, 7) is 9.73. The summed E-state index contributed by atoms with van der Waals surface area (Å²) in [5.41, 5.74) is 0.757. The molecule has 1 aliphatic heterocycles. The minimum atomic E-state index is 0.709. The Morgan fingerprint density at radius 3 is 2.26 bits per heavy atom. The van der Waals surface area contributed by atoms with E-state index in [2.05, 4.69) is 24.1 Å². The van der Waals surface area contributed by atoms with E-state index in [1.54, 1.807) is 0 Å². The van der Waals surface area contributed by atoms with Crippen LogP contribution >= 0.6 is 0 Å². The zero-order chi connectivity index (χ0) is 13.6. The Hall–Kier alpha value is -0.0800. The first-order valence-corrected chi connectivity index (χ1v) is 8.74. The molecule has 0 aromatic heterocycles. The van der Waals surface area contributed by atoms with E-state index in [1.165, 1.54) is 84.0 Å². The van der Waals surface area contributed by atoms with E-state index in [0.717, 1.165) is 5.41 Å². The van der Waals surface area contributed by atoms with Crippen LogP contribution in [0.5, 0.6) is 0 Å². The molecule has 1 saturated carbocycles. The van der Waals surface area contributed by atoms with E-state index in [1.807, 2.05) is 0 Å². The average Bonchev–Trinajstić information content (AvgIpc) is 2.46. The van der Waals surface area contributed by atoms with Gasteiger partial charge in [0.05, 0.1) is 0 Å². The summed E-state index contributed by atoms with van der Waals surface area (Å²) in [4.78, 5) is 2.72. The van der Waals surface area contributed by atoms with Crippen LogP contribution < -0.4 is 5.32 Å². The number of nitrogens with zero attached hydrogens (tertiary/aromatic N) is 1. The van der Waals surface area contributed by atoms with Crippen molar-refractivity contribution in [2.24, 2.45) is 5.41 Å². The molecule has 0 radical (unpaired) electrons. The van der Waals surface area contributed by atoms with E-state index in [-0.39, 0.29) is 0 Å². The van der Waals surface area contributed by atoms with E-state index in [0.29, 0.717) is 6.04 Å². The highest BCUT2D eigenvalue weighted by molar-refractivity contribution is 4.89. The first-order valence-electron chi connectivity index (χ1n) is 8.74. The fourth-order valence-electron chi connectivity index (χ4n) is 4.01. The van der Waals surface area contributed by atoms with Gasteiger partial charge in [-0.1, -0.05) is 33.1 Å². The van der Waals surface area contributed by atoms with Crippen LogP contribution in [0, 0.1) is 5.41 Å². The predicted molar refractivity (Wildman–Crippen MR) is 83.6 cm³/mol. The van der Waals surface area contributed by atoms with E-state index in [9.17, 15) is 0 Å². The second kappa shape index (κ2) is 7.64. The highest BCUT2D eigenvalue weighted by Crippen LogP contribution is 2.44. The first kappa shape index (κ1) is 15.3. The molecule has 1 spiro atoms. The van der Waals surface area contributed by atoms with Crippen LogP contribution in [0.4, 0.5) is 0 Å². The van der Waals surface area contributed by atoms with Crippen LogP contribution in [0.15, 0.2) is 0 Å². The Morgan fingerprint density at radius 2 is 1.68 bits per heavy atom. The largest absolute Gasteiger partial charge is 0.313 e. The van der Waals surface area contributed by atoms with Crippen molar-refractivity contribution in [1.82, 2.24) is 10.2 Å². The summed E-state index contributed by atoms with van der Waals surface area (Å²) in [6, 6.07) is 0.709. The van der Waals surface area contributed by atoms with Crippen molar-refractivity contribution >= 4 is 0 Å². The summed E-state index contributed by atoms with van der Waals surface area (Å²) in [5.74, 6) is 0. The quantitative estimate of drug-likeness (QED) is 0.786. The topological polar surface area (TPSA) is 15.3 Å². The fraction of sp³-hybridized carbons (Fsp3) is 1.00. The van der Waals surface area contributed by atoms with Gasteiger partial charge < -0.3 is 10.2 Å². The van der Waals surface area contributed by atoms with E-state index in [4.69, 9.17) is 0 Å². The monoisotopic (exact) mass is 266 g/mol. The number of hydrogen-bond acceptors (Lipinski definition) is 2. The van der Waals surface area contributed by atoms with Gasteiger partial charge in [-0.2, -0.15) is 0 Å². The molecule has 0 aromatic rings. The van der Waals surface area contributed by atoms with Crippen molar-refractivity contribution in [1.29, 1.82) is 0 Å². The number of hydrogen-bond donors (Lipinski definition) is 1. The highest BCUT2D eigenvalue weighted by atomic mass is 15.2. The Bertz CT molecular complexity index is 236. The Balaban J connectivity index is 1.72. The molecule has 0 aromatic carbocycles. The molecular weight excluding hydrogens is 232 g/mol. The van der Waals surface area contributed by atoms with Crippen molar-refractivity contribution in [3.05, 3.63) is 0 Å². The molecule has 2 rings (SSSR count). The van der Waals surface area contributed by atoms with Crippen LogP contribution in [-0.4, -0.2) is 37.1 Å². The van der Waals surface area contributed by atoms with Crippen LogP contribution in [0.1, 0.15) is 71.6 Å². The van der Waals surface area contributed by atoms with E-state index < -0.39 is 0 Å². The lowest BCUT2D eigenvalue weighted by molar-refractivity contribution is 0.0626. The third-order valence-electron chi connectivity index (χ3n) is 5.49. The third kappa shape index (κ3) is 4.46. The Kier molecular flexibility index (Phi) is 6.15. The van der Waals surface area contributed by atoms with Gasteiger partial charge in [-0.05, 0) is 63.6 Å². The zero-order valence-corrected chi connectivity index (χ0v) is 13.2. The number of nitrogens with one attached hydrogen (secondary N) is 1. The van der Waals surface area contributed by atoms with Crippen molar-refractivity contribution < 1.29 is 0 Å². The fourth-order valence-corrected chi connectivity index (χ4v) is 4.01. The Labute approximate surface area is 120 Å². The number of likely N-dealkylation sites (tertiary alicyclic amines) is 1. The van der Waals surface area contributed by atoms with E-state index >= 15 is 0 Å². The number of piperidine rings is 1. The van der Waals surface area contributed by atoms with Gasteiger partial charge in [-0.3, -0.25) is 0 Å². The lowest BCUT2D eigenvalue weighted by Gasteiger charge is -2.45. The standard InChI is InChI=1S/C17H34N2/c1-3-12-18-16(4-2)15-19-13-10-17(11-14-19)8-6-5-7-9-17/h16,18H,3-15H2,1-2H3. The number of rotatable bonds is 6. The van der Waals surface area contributed by atoms with Gasteiger partial charge >= 0.3 is 0 Å². The molecule has 1 unspecified atom stereocenters. The molecule has 112 valence electrons. The predicted octanol–water partition coefficient (Wildman–Crippen LogP) is 3.81. The van der Waals surface area contributed by atoms with Gasteiger partial charge in [-0.25, -0.2) is 0 Å². The molecule has 1 saturated heterocycles. The van der Waals surface area contributed by atoms with Gasteiger partial charge in [0, 0.05) is 12.6 Å². The maximum atomic E-state index is 3.70. The van der Waals surface area contributed by atoms with Gasteiger partial charge in [0.25, 0.3) is 0 Å². The maximum Gasteiger partial charge on any atom is 0.0192 e. The SMILES string of the molecule is CCCNC(CC)CN1CCC2(CCCCC2)CC1. The van der Waals surface area contributed by atoms with Crippen LogP contribution in [0.3, 0.4) is 0 Å². The molecule has 2 aliphatic rings. The summed E-state index contributed by atoms with van der Waals surface area (Å²) >= 11 is 0. The molecule has 2 heteroatoms. The molecule has 2 fully saturated rings. The average molecular weight is 266 g/mol. The highest BCUT2D eigenvalue weighted by Gasteiger charge is 2.35. The van der Waals surface area contributed by atoms with Crippen LogP contribution in [0.2, 0.25) is 0 Å². The van der Waals surface area contributed by atoms with Crippen molar-refractivity contribution in [2.75, 3.05) is 26.2 Å². The molecule has 1 N–H and O–H groups in total. The maximum absolute atomic E-state index is 3.70. The molecule has 1 atom stereocenters. The van der Waals surface area contributed by atoms with Gasteiger partial charge in [0.2, 0.25) is 0 Å². The second-order valence-corrected chi connectivity index (χ2v) is 6.92.